The van der Waals surface area contributed by atoms with Crippen molar-refractivity contribution in [1.82, 2.24) is 0 Å². The van der Waals surface area contributed by atoms with E-state index in [-0.39, 0.29) is 5.69 Å². The first kappa shape index (κ1) is 12.1. The molecule has 5 nitrogen and oxygen atoms in total. The van der Waals surface area contributed by atoms with E-state index in [9.17, 15) is 14.9 Å². The fraction of sp³-hybridized carbons (Fsp3) is 0. The third kappa shape index (κ3) is 1.85. The average Bonchev–Trinajstić information content (AvgIpc) is 2.43. The molecule has 0 saturated heterocycles. The van der Waals surface area contributed by atoms with Crippen molar-refractivity contribution in [3.63, 3.8) is 0 Å². The summed E-state index contributed by atoms with van der Waals surface area (Å²) in [6.07, 6.45) is 0. The standard InChI is InChI=1S/C15H10N2O3/c16-15(18)13-3-1-2-10-6-11-7-12(17(19)20)5-4-9(11)8-14(10)13/h1-8H,(H2,16,18). The van der Waals surface area contributed by atoms with E-state index in [4.69, 9.17) is 5.73 Å². The third-order valence-corrected chi connectivity index (χ3v) is 3.30. The number of nitrogens with two attached hydrogens (primary N) is 1. The molecule has 0 unspecified atom stereocenters. The van der Waals surface area contributed by atoms with E-state index in [0.717, 1.165) is 21.5 Å². The molecule has 3 aromatic rings. The maximum Gasteiger partial charge on any atom is 0.270 e. The zero-order valence-corrected chi connectivity index (χ0v) is 10.4. The Morgan fingerprint density at radius 3 is 2.50 bits per heavy atom. The number of fused-ring (bicyclic) bond motifs is 2. The minimum absolute atomic E-state index is 0.0444. The molecule has 0 bridgehead atoms. The van der Waals surface area contributed by atoms with Crippen molar-refractivity contribution in [2.24, 2.45) is 5.73 Å². The number of primary amides is 1. The number of amides is 1. The molecule has 0 spiro atoms. The van der Waals surface area contributed by atoms with Crippen molar-refractivity contribution in [3.05, 3.63) is 64.2 Å². The molecule has 3 rings (SSSR count). The van der Waals surface area contributed by atoms with E-state index in [2.05, 4.69) is 0 Å². The van der Waals surface area contributed by atoms with Gasteiger partial charge in [-0.15, -0.1) is 0 Å². The van der Waals surface area contributed by atoms with Crippen LogP contribution in [-0.2, 0) is 0 Å². The third-order valence-electron chi connectivity index (χ3n) is 3.30. The molecule has 0 atom stereocenters. The average molecular weight is 266 g/mol. The zero-order valence-electron chi connectivity index (χ0n) is 10.4. The fourth-order valence-electron chi connectivity index (χ4n) is 2.34. The van der Waals surface area contributed by atoms with E-state index >= 15 is 0 Å². The van der Waals surface area contributed by atoms with Gasteiger partial charge in [0.05, 0.1) is 4.92 Å². The van der Waals surface area contributed by atoms with Crippen LogP contribution in [0.15, 0.2) is 48.5 Å². The molecule has 3 aromatic carbocycles. The quantitative estimate of drug-likeness (QED) is 0.439. The van der Waals surface area contributed by atoms with E-state index < -0.39 is 10.8 Å². The molecule has 20 heavy (non-hydrogen) atoms. The summed E-state index contributed by atoms with van der Waals surface area (Å²) >= 11 is 0. The second-order valence-corrected chi connectivity index (χ2v) is 4.53. The van der Waals surface area contributed by atoms with Gasteiger partial charge in [-0.2, -0.15) is 0 Å². The minimum Gasteiger partial charge on any atom is -0.366 e. The molecule has 5 heteroatoms. The highest BCUT2D eigenvalue weighted by Gasteiger charge is 2.10. The Morgan fingerprint density at radius 2 is 1.80 bits per heavy atom. The van der Waals surface area contributed by atoms with E-state index in [0.29, 0.717) is 5.56 Å². The molecule has 98 valence electrons. The number of nitrogens with zero attached hydrogens (tertiary/aromatic N) is 1. The Hall–Kier alpha value is -2.95. The summed E-state index contributed by atoms with van der Waals surface area (Å²) in [4.78, 5) is 21.8. The number of carbonyl (C=O) groups excluding carboxylic acids is 1. The molecule has 0 saturated carbocycles. The van der Waals surface area contributed by atoms with E-state index in [1.165, 1.54) is 12.1 Å². The molecule has 0 heterocycles. The van der Waals surface area contributed by atoms with Gasteiger partial charge < -0.3 is 5.73 Å². The first-order chi connectivity index (χ1) is 9.56. The smallest absolute Gasteiger partial charge is 0.270 e. The van der Waals surface area contributed by atoms with Crippen molar-refractivity contribution in [2.75, 3.05) is 0 Å². The molecular formula is C15H10N2O3. The summed E-state index contributed by atoms with van der Waals surface area (Å²) in [7, 11) is 0. The van der Waals surface area contributed by atoms with Crippen molar-refractivity contribution in [3.8, 4) is 0 Å². The second-order valence-electron chi connectivity index (χ2n) is 4.53. The second kappa shape index (κ2) is 4.31. The number of carbonyl (C=O) groups is 1. The van der Waals surface area contributed by atoms with Gasteiger partial charge in [-0.25, -0.2) is 0 Å². The molecule has 0 radical (unpaired) electrons. The number of hydrogen-bond acceptors (Lipinski definition) is 3. The van der Waals surface area contributed by atoms with Crippen LogP contribution in [0, 0.1) is 10.1 Å². The fourth-order valence-corrected chi connectivity index (χ4v) is 2.34. The van der Waals surface area contributed by atoms with Gasteiger partial charge in [0.15, 0.2) is 0 Å². The molecule has 2 N–H and O–H groups in total. The van der Waals surface area contributed by atoms with Gasteiger partial charge in [-0.05, 0) is 45.8 Å². The van der Waals surface area contributed by atoms with Gasteiger partial charge in [-0.3, -0.25) is 14.9 Å². The van der Waals surface area contributed by atoms with Gasteiger partial charge >= 0.3 is 0 Å². The number of benzene rings is 3. The van der Waals surface area contributed by atoms with Gasteiger partial charge in [0.25, 0.3) is 5.69 Å². The summed E-state index contributed by atoms with van der Waals surface area (Å²) in [5.74, 6) is -0.489. The van der Waals surface area contributed by atoms with E-state index in [1.54, 1.807) is 18.2 Å². The van der Waals surface area contributed by atoms with Crippen molar-refractivity contribution in [2.45, 2.75) is 0 Å². The topological polar surface area (TPSA) is 86.2 Å². The van der Waals surface area contributed by atoms with Crippen molar-refractivity contribution >= 4 is 33.1 Å². The molecule has 0 aliphatic carbocycles. The Labute approximate surface area is 113 Å². The van der Waals surface area contributed by atoms with Crippen LogP contribution in [0.25, 0.3) is 21.5 Å². The van der Waals surface area contributed by atoms with E-state index in [1.807, 2.05) is 18.2 Å². The van der Waals surface area contributed by atoms with Crippen LogP contribution >= 0.6 is 0 Å². The number of hydrogen-bond donors (Lipinski definition) is 1. The summed E-state index contributed by atoms with van der Waals surface area (Å²) < 4.78 is 0. The van der Waals surface area contributed by atoms with Crippen molar-refractivity contribution in [1.29, 1.82) is 0 Å². The predicted octanol–water partition coefficient (Wildman–Crippen LogP) is 3.00. The summed E-state index contributed by atoms with van der Waals surface area (Å²) in [6, 6.07) is 13.5. The summed E-state index contributed by atoms with van der Waals surface area (Å²) in [5.41, 5.74) is 5.85. The number of nitro benzene ring substituents is 1. The van der Waals surface area contributed by atoms with Gasteiger partial charge in [-0.1, -0.05) is 12.1 Å². The summed E-state index contributed by atoms with van der Waals surface area (Å²) in [5, 5.41) is 14.0. The lowest BCUT2D eigenvalue weighted by atomic mass is 9.99. The Balaban J connectivity index is 2.36. The van der Waals surface area contributed by atoms with Gasteiger partial charge in [0.2, 0.25) is 5.91 Å². The largest absolute Gasteiger partial charge is 0.366 e. The highest BCUT2D eigenvalue weighted by Crippen LogP contribution is 2.28. The van der Waals surface area contributed by atoms with Crippen LogP contribution in [0.4, 0.5) is 5.69 Å². The monoisotopic (exact) mass is 266 g/mol. The lowest BCUT2D eigenvalue weighted by molar-refractivity contribution is -0.384. The number of nitro groups is 1. The van der Waals surface area contributed by atoms with Crippen LogP contribution in [0.1, 0.15) is 10.4 Å². The zero-order chi connectivity index (χ0) is 14.3. The van der Waals surface area contributed by atoms with Gasteiger partial charge in [0, 0.05) is 17.7 Å². The number of non-ortho nitro benzene ring substituents is 1. The molecule has 0 aromatic heterocycles. The minimum atomic E-state index is -0.489. The van der Waals surface area contributed by atoms with Crippen LogP contribution < -0.4 is 5.73 Å². The molecule has 0 aliphatic heterocycles. The predicted molar refractivity (Wildman–Crippen MR) is 76.6 cm³/mol. The SMILES string of the molecule is NC(=O)c1cccc2cc3cc([N+](=O)[O-])ccc3cc12. The Morgan fingerprint density at radius 1 is 1.00 bits per heavy atom. The highest BCUT2D eigenvalue weighted by atomic mass is 16.6. The molecule has 0 aliphatic rings. The van der Waals surface area contributed by atoms with Crippen molar-refractivity contribution < 1.29 is 9.72 Å². The van der Waals surface area contributed by atoms with Gasteiger partial charge in [0.1, 0.15) is 0 Å². The Bertz CT molecular complexity index is 871. The lowest BCUT2D eigenvalue weighted by Gasteiger charge is -2.05. The maximum atomic E-state index is 11.4. The molecular weight excluding hydrogens is 256 g/mol. The van der Waals surface area contributed by atoms with Crippen LogP contribution in [0.2, 0.25) is 0 Å². The van der Waals surface area contributed by atoms with Crippen LogP contribution in [-0.4, -0.2) is 10.8 Å². The van der Waals surface area contributed by atoms with Crippen LogP contribution in [0.3, 0.4) is 0 Å². The first-order valence-corrected chi connectivity index (χ1v) is 5.97. The highest BCUT2D eigenvalue weighted by molar-refractivity contribution is 6.10. The van der Waals surface area contributed by atoms with Crippen LogP contribution in [0.5, 0.6) is 0 Å². The summed E-state index contributed by atoms with van der Waals surface area (Å²) in [6.45, 7) is 0. The Kier molecular flexibility index (Phi) is 2.61. The normalized spacial score (nSPS) is 10.8. The maximum absolute atomic E-state index is 11.4. The molecule has 0 fully saturated rings. The lowest BCUT2D eigenvalue weighted by Crippen LogP contribution is -2.11. The molecule has 1 amide bonds. The first-order valence-electron chi connectivity index (χ1n) is 5.97. The number of rotatable bonds is 2.